The molecule has 0 unspecified atom stereocenters. The Bertz CT molecular complexity index is 642. The number of nitrogens with one attached hydrogen (secondary N) is 1. The van der Waals surface area contributed by atoms with Crippen LogP contribution in [0.2, 0.25) is 0 Å². The number of halogens is 4. The molecule has 0 fully saturated rings. The zero-order chi connectivity index (χ0) is 16.9. The van der Waals surface area contributed by atoms with Gasteiger partial charge in [-0.25, -0.2) is 4.39 Å². The first kappa shape index (κ1) is 17.2. The van der Waals surface area contributed by atoms with Crippen LogP contribution in [-0.4, -0.2) is 11.5 Å². The summed E-state index contributed by atoms with van der Waals surface area (Å²) in [5.74, 6) is -0.733. The standard InChI is InChI=1S/C16H15F4NO2/c17-15-6-3-12(7-13(15)10-22)9-21-8-11-1-4-14(5-2-11)23-16(18,19)20/h1-7,21-22H,8-10H2. The first-order valence-corrected chi connectivity index (χ1v) is 6.81. The number of hydrogen-bond donors (Lipinski definition) is 2. The van der Waals surface area contributed by atoms with Gasteiger partial charge in [-0.15, -0.1) is 13.2 Å². The van der Waals surface area contributed by atoms with Gasteiger partial charge in [-0.1, -0.05) is 18.2 Å². The fraction of sp³-hybridized carbons (Fsp3) is 0.250. The van der Waals surface area contributed by atoms with E-state index in [1.54, 1.807) is 12.1 Å². The molecular weight excluding hydrogens is 314 g/mol. The Kier molecular flexibility index (Phi) is 5.57. The second kappa shape index (κ2) is 7.43. The van der Waals surface area contributed by atoms with Crippen molar-refractivity contribution < 1.29 is 27.4 Å². The van der Waals surface area contributed by atoms with Gasteiger partial charge in [0.1, 0.15) is 11.6 Å². The van der Waals surface area contributed by atoms with Crippen LogP contribution in [0.3, 0.4) is 0 Å². The van der Waals surface area contributed by atoms with E-state index < -0.39 is 12.2 Å². The summed E-state index contributed by atoms with van der Waals surface area (Å²) in [4.78, 5) is 0. The van der Waals surface area contributed by atoms with E-state index in [1.807, 2.05) is 0 Å². The Balaban J connectivity index is 1.86. The molecule has 0 amide bonds. The Morgan fingerprint density at radius 3 is 2.17 bits per heavy atom. The summed E-state index contributed by atoms with van der Waals surface area (Å²) >= 11 is 0. The lowest BCUT2D eigenvalue weighted by Crippen LogP contribution is -2.17. The molecule has 2 rings (SSSR count). The first-order chi connectivity index (χ1) is 10.9. The highest BCUT2D eigenvalue weighted by Gasteiger charge is 2.30. The Hall–Kier alpha value is -2.12. The molecule has 0 aromatic heterocycles. The van der Waals surface area contributed by atoms with Gasteiger partial charge in [-0.05, 0) is 35.4 Å². The van der Waals surface area contributed by atoms with E-state index in [2.05, 4.69) is 10.1 Å². The van der Waals surface area contributed by atoms with Crippen molar-refractivity contribution in [1.82, 2.24) is 5.32 Å². The van der Waals surface area contributed by atoms with Crippen LogP contribution >= 0.6 is 0 Å². The smallest absolute Gasteiger partial charge is 0.406 e. The average molecular weight is 329 g/mol. The van der Waals surface area contributed by atoms with Gasteiger partial charge in [0.15, 0.2) is 0 Å². The Labute approximate surface area is 130 Å². The molecule has 0 saturated heterocycles. The minimum absolute atomic E-state index is 0.220. The minimum atomic E-state index is -4.70. The highest BCUT2D eigenvalue weighted by atomic mass is 19.4. The highest BCUT2D eigenvalue weighted by Crippen LogP contribution is 2.22. The van der Waals surface area contributed by atoms with Gasteiger partial charge >= 0.3 is 6.36 Å². The van der Waals surface area contributed by atoms with E-state index in [4.69, 9.17) is 5.11 Å². The summed E-state index contributed by atoms with van der Waals surface area (Å²) < 4.78 is 53.2. The van der Waals surface area contributed by atoms with Crippen molar-refractivity contribution in [3.8, 4) is 5.75 Å². The van der Waals surface area contributed by atoms with Crippen molar-refractivity contribution in [2.75, 3.05) is 0 Å². The third kappa shape index (κ3) is 5.54. The van der Waals surface area contributed by atoms with Crippen molar-refractivity contribution in [1.29, 1.82) is 0 Å². The maximum atomic E-state index is 13.2. The van der Waals surface area contributed by atoms with Crippen LogP contribution in [0.4, 0.5) is 17.6 Å². The number of aliphatic hydroxyl groups excluding tert-OH is 1. The molecule has 7 heteroatoms. The summed E-state index contributed by atoms with van der Waals surface area (Å²) in [6, 6.07) is 9.98. The van der Waals surface area contributed by atoms with Gasteiger partial charge in [0.05, 0.1) is 6.61 Å². The van der Waals surface area contributed by atoms with Crippen molar-refractivity contribution in [2.24, 2.45) is 0 Å². The molecule has 23 heavy (non-hydrogen) atoms. The number of benzene rings is 2. The fourth-order valence-corrected chi connectivity index (χ4v) is 2.02. The third-order valence-corrected chi connectivity index (χ3v) is 3.10. The van der Waals surface area contributed by atoms with E-state index in [1.165, 1.54) is 30.3 Å². The van der Waals surface area contributed by atoms with Crippen LogP contribution in [0.5, 0.6) is 5.75 Å². The van der Waals surface area contributed by atoms with E-state index in [0.717, 1.165) is 11.1 Å². The monoisotopic (exact) mass is 329 g/mol. The summed E-state index contributed by atoms with van der Waals surface area (Å²) in [7, 11) is 0. The second-order valence-electron chi connectivity index (χ2n) is 4.88. The van der Waals surface area contributed by atoms with Crippen molar-refractivity contribution in [3.05, 3.63) is 65.0 Å². The van der Waals surface area contributed by atoms with Crippen LogP contribution in [0.1, 0.15) is 16.7 Å². The third-order valence-electron chi connectivity index (χ3n) is 3.10. The normalized spacial score (nSPS) is 11.5. The minimum Gasteiger partial charge on any atom is -0.406 e. The van der Waals surface area contributed by atoms with Crippen LogP contribution in [0, 0.1) is 5.82 Å². The number of hydrogen-bond acceptors (Lipinski definition) is 3. The van der Waals surface area contributed by atoms with Gasteiger partial charge in [0.25, 0.3) is 0 Å². The predicted octanol–water partition coefficient (Wildman–Crippen LogP) is 3.51. The molecular formula is C16H15F4NO2. The summed E-state index contributed by atoms with van der Waals surface area (Å²) in [6.07, 6.45) is -4.70. The molecule has 3 nitrogen and oxygen atoms in total. The molecule has 0 aliphatic heterocycles. The largest absolute Gasteiger partial charge is 0.573 e. The average Bonchev–Trinajstić information content (AvgIpc) is 2.49. The van der Waals surface area contributed by atoms with E-state index in [9.17, 15) is 17.6 Å². The maximum absolute atomic E-state index is 13.2. The number of rotatable bonds is 6. The zero-order valence-electron chi connectivity index (χ0n) is 12.0. The maximum Gasteiger partial charge on any atom is 0.573 e. The van der Waals surface area contributed by atoms with Gasteiger partial charge in [0, 0.05) is 18.7 Å². The molecule has 0 saturated carbocycles. The molecule has 0 atom stereocenters. The van der Waals surface area contributed by atoms with Gasteiger partial charge in [0.2, 0.25) is 0 Å². The number of ether oxygens (including phenoxy) is 1. The molecule has 0 aliphatic carbocycles. The van der Waals surface area contributed by atoms with E-state index in [0.29, 0.717) is 13.1 Å². The first-order valence-electron chi connectivity index (χ1n) is 6.81. The summed E-state index contributed by atoms with van der Waals surface area (Å²) in [5, 5.41) is 12.1. The Morgan fingerprint density at radius 2 is 1.57 bits per heavy atom. The van der Waals surface area contributed by atoms with Crippen LogP contribution in [0.25, 0.3) is 0 Å². The van der Waals surface area contributed by atoms with E-state index in [-0.39, 0.29) is 17.9 Å². The fourth-order valence-electron chi connectivity index (χ4n) is 2.02. The quantitative estimate of drug-likeness (QED) is 0.797. The SMILES string of the molecule is OCc1cc(CNCc2ccc(OC(F)(F)F)cc2)ccc1F. The lowest BCUT2D eigenvalue weighted by molar-refractivity contribution is -0.274. The molecule has 2 aromatic carbocycles. The van der Waals surface area contributed by atoms with Crippen LogP contribution in [0.15, 0.2) is 42.5 Å². The number of aliphatic hydroxyl groups is 1. The molecule has 124 valence electrons. The van der Waals surface area contributed by atoms with Crippen LogP contribution < -0.4 is 10.1 Å². The van der Waals surface area contributed by atoms with Crippen LogP contribution in [-0.2, 0) is 19.7 Å². The lowest BCUT2D eigenvalue weighted by Gasteiger charge is -2.10. The van der Waals surface area contributed by atoms with Gasteiger partial charge < -0.3 is 15.2 Å². The number of alkyl halides is 3. The lowest BCUT2D eigenvalue weighted by atomic mass is 10.1. The van der Waals surface area contributed by atoms with Gasteiger partial charge in [-0.3, -0.25) is 0 Å². The summed E-state index contributed by atoms with van der Waals surface area (Å²) in [6.45, 7) is 0.493. The second-order valence-corrected chi connectivity index (χ2v) is 4.88. The molecule has 0 spiro atoms. The van der Waals surface area contributed by atoms with Crippen molar-refractivity contribution in [3.63, 3.8) is 0 Å². The highest BCUT2D eigenvalue weighted by molar-refractivity contribution is 5.28. The van der Waals surface area contributed by atoms with Crippen molar-refractivity contribution >= 4 is 0 Å². The zero-order valence-corrected chi connectivity index (χ0v) is 12.0. The predicted molar refractivity (Wildman–Crippen MR) is 76.0 cm³/mol. The molecule has 2 N–H and O–H groups in total. The van der Waals surface area contributed by atoms with Crippen molar-refractivity contribution in [2.45, 2.75) is 26.1 Å². The molecule has 0 bridgehead atoms. The Morgan fingerprint density at radius 1 is 0.957 bits per heavy atom. The molecule has 0 heterocycles. The molecule has 0 aliphatic rings. The molecule has 0 radical (unpaired) electrons. The van der Waals surface area contributed by atoms with E-state index >= 15 is 0 Å². The topological polar surface area (TPSA) is 41.5 Å². The molecule has 2 aromatic rings. The van der Waals surface area contributed by atoms with Gasteiger partial charge in [-0.2, -0.15) is 0 Å². The summed E-state index contributed by atoms with van der Waals surface area (Å²) in [5.41, 5.74) is 1.80.